The molecular weight excluding hydrogens is 310 g/mol. The number of halogens is 2. The first-order valence-corrected chi connectivity index (χ1v) is 6.99. The molecule has 0 unspecified atom stereocenters. The van der Waals surface area contributed by atoms with E-state index in [4.69, 9.17) is 11.6 Å². The molecule has 1 atom stereocenters. The van der Waals surface area contributed by atoms with E-state index >= 15 is 0 Å². The molecule has 0 fully saturated rings. The molecule has 0 N–H and O–H groups in total. The fraction of sp³-hybridized carbons (Fsp3) is 0.364. The Morgan fingerprint density at radius 3 is 2.56 bits per heavy atom. The Morgan fingerprint density at radius 2 is 2.06 bits per heavy atom. The van der Waals surface area contributed by atoms with Crippen LogP contribution in [0.4, 0.5) is 0 Å². The lowest BCUT2D eigenvalue weighted by Crippen LogP contribution is -2.19. The minimum Gasteiger partial charge on any atom is -0.234 e. The number of rotatable bonds is 2. The van der Waals surface area contributed by atoms with E-state index in [1.807, 2.05) is 32.9 Å². The van der Waals surface area contributed by atoms with Gasteiger partial charge in [-0.1, -0.05) is 17.7 Å². The SMILES string of the molecule is CC(C)(C)[S@](=O)/N=C/c1ccc(Cl)c(Br)c1. The lowest BCUT2D eigenvalue weighted by atomic mass is 10.2. The Kier molecular flexibility index (Phi) is 4.71. The molecule has 0 saturated carbocycles. The Bertz CT molecular complexity index is 440. The first-order chi connectivity index (χ1) is 7.30. The van der Waals surface area contributed by atoms with E-state index in [0.717, 1.165) is 10.0 Å². The largest absolute Gasteiger partial charge is 0.234 e. The Balaban J connectivity index is 2.85. The second kappa shape index (κ2) is 5.43. The van der Waals surface area contributed by atoms with E-state index in [0.29, 0.717) is 5.02 Å². The van der Waals surface area contributed by atoms with Crippen molar-refractivity contribution >= 4 is 44.7 Å². The van der Waals surface area contributed by atoms with Crippen molar-refractivity contribution in [1.29, 1.82) is 0 Å². The maximum Gasteiger partial charge on any atom is 0.144 e. The summed E-state index contributed by atoms with van der Waals surface area (Å²) in [5.41, 5.74) is 0.869. The van der Waals surface area contributed by atoms with Crippen LogP contribution in [-0.4, -0.2) is 15.2 Å². The van der Waals surface area contributed by atoms with Gasteiger partial charge in [-0.25, -0.2) is 4.21 Å². The van der Waals surface area contributed by atoms with Crippen molar-refractivity contribution in [2.45, 2.75) is 25.5 Å². The van der Waals surface area contributed by atoms with Crippen LogP contribution in [0.25, 0.3) is 0 Å². The molecule has 5 heteroatoms. The molecule has 1 rings (SSSR count). The zero-order chi connectivity index (χ0) is 12.3. The summed E-state index contributed by atoms with van der Waals surface area (Å²) in [6.45, 7) is 5.66. The standard InChI is InChI=1S/C11H13BrClNOS/c1-11(2,3)16(15)14-7-8-4-5-10(13)9(12)6-8/h4-7H,1-3H3/b14-7+/t16-/m0/s1. The zero-order valence-corrected chi connectivity index (χ0v) is 12.5. The molecule has 88 valence electrons. The summed E-state index contributed by atoms with van der Waals surface area (Å²) in [5.74, 6) is 0. The van der Waals surface area contributed by atoms with Crippen molar-refractivity contribution in [2.24, 2.45) is 4.40 Å². The molecule has 0 aliphatic heterocycles. The van der Waals surface area contributed by atoms with Gasteiger partial charge in [0.1, 0.15) is 11.0 Å². The predicted molar refractivity (Wildman–Crippen MR) is 74.6 cm³/mol. The molecule has 0 spiro atoms. The van der Waals surface area contributed by atoms with Crippen LogP contribution in [0.3, 0.4) is 0 Å². The Morgan fingerprint density at radius 1 is 1.44 bits per heavy atom. The van der Waals surface area contributed by atoms with Gasteiger partial charge in [-0.05, 0) is 54.4 Å². The van der Waals surface area contributed by atoms with Crippen molar-refractivity contribution in [3.05, 3.63) is 33.3 Å². The molecule has 0 saturated heterocycles. The number of nitrogens with zero attached hydrogens (tertiary/aromatic N) is 1. The predicted octanol–water partition coefficient (Wildman–Crippen LogP) is 3.98. The van der Waals surface area contributed by atoms with Crippen molar-refractivity contribution in [3.8, 4) is 0 Å². The van der Waals surface area contributed by atoms with Crippen molar-refractivity contribution in [2.75, 3.05) is 0 Å². The van der Waals surface area contributed by atoms with E-state index in [9.17, 15) is 4.21 Å². The van der Waals surface area contributed by atoms with E-state index in [1.54, 1.807) is 12.3 Å². The van der Waals surface area contributed by atoms with Crippen LogP contribution in [-0.2, 0) is 11.0 Å². The minimum absolute atomic E-state index is 0.333. The molecule has 1 aromatic rings. The van der Waals surface area contributed by atoms with E-state index in [2.05, 4.69) is 20.3 Å². The van der Waals surface area contributed by atoms with Gasteiger partial charge in [0.15, 0.2) is 0 Å². The summed E-state index contributed by atoms with van der Waals surface area (Å²) in [5, 5.41) is 0.647. The minimum atomic E-state index is -1.23. The summed E-state index contributed by atoms with van der Waals surface area (Å²) in [7, 11) is -1.23. The normalized spacial score (nSPS) is 14.3. The van der Waals surface area contributed by atoms with Gasteiger partial charge in [-0.2, -0.15) is 4.40 Å². The van der Waals surface area contributed by atoms with Gasteiger partial charge in [0.25, 0.3) is 0 Å². The van der Waals surface area contributed by atoms with Gasteiger partial charge < -0.3 is 0 Å². The lowest BCUT2D eigenvalue weighted by molar-refractivity contribution is 0.651. The molecule has 0 radical (unpaired) electrons. The average molecular weight is 323 g/mol. The van der Waals surface area contributed by atoms with Gasteiger partial charge >= 0.3 is 0 Å². The smallest absolute Gasteiger partial charge is 0.144 e. The molecule has 0 bridgehead atoms. The van der Waals surface area contributed by atoms with E-state index in [-0.39, 0.29) is 4.75 Å². The molecule has 0 aliphatic carbocycles. The van der Waals surface area contributed by atoms with Crippen LogP contribution in [0.1, 0.15) is 26.3 Å². The average Bonchev–Trinajstić information content (AvgIpc) is 2.18. The van der Waals surface area contributed by atoms with Crippen LogP contribution < -0.4 is 0 Å². The van der Waals surface area contributed by atoms with Crippen molar-refractivity contribution in [3.63, 3.8) is 0 Å². The molecule has 0 aromatic heterocycles. The fourth-order valence-electron chi connectivity index (χ4n) is 0.860. The highest BCUT2D eigenvalue weighted by Crippen LogP contribution is 2.22. The third kappa shape index (κ3) is 4.00. The van der Waals surface area contributed by atoms with E-state index < -0.39 is 11.0 Å². The molecular formula is C11H13BrClNOS. The highest BCUT2D eigenvalue weighted by atomic mass is 79.9. The van der Waals surface area contributed by atoms with Gasteiger partial charge in [0, 0.05) is 10.7 Å². The third-order valence-corrected chi connectivity index (χ3v) is 4.32. The Hall–Kier alpha value is -0.190. The molecule has 0 heterocycles. The molecule has 2 nitrogen and oxygen atoms in total. The summed E-state index contributed by atoms with van der Waals surface area (Å²) in [6, 6.07) is 5.44. The van der Waals surface area contributed by atoms with Gasteiger partial charge in [-0.3, -0.25) is 0 Å². The maximum absolute atomic E-state index is 11.7. The van der Waals surface area contributed by atoms with Crippen LogP contribution >= 0.6 is 27.5 Å². The fourth-order valence-corrected chi connectivity index (χ4v) is 1.91. The summed E-state index contributed by atoms with van der Waals surface area (Å²) in [6.07, 6.45) is 1.60. The summed E-state index contributed by atoms with van der Waals surface area (Å²) >= 11 is 9.19. The monoisotopic (exact) mass is 321 g/mol. The topological polar surface area (TPSA) is 29.4 Å². The van der Waals surface area contributed by atoms with Crippen LogP contribution in [0.15, 0.2) is 27.1 Å². The molecule has 0 aliphatic rings. The van der Waals surface area contributed by atoms with Crippen LogP contribution in [0.2, 0.25) is 5.02 Å². The highest BCUT2D eigenvalue weighted by Gasteiger charge is 2.18. The molecule has 16 heavy (non-hydrogen) atoms. The first-order valence-electron chi connectivity index (χ1n) is 4.72. The molecule has 0 amide bonds. The van der Waals surface area contributed by atoms with Gasteiger partial charge in [0.2, 0.25) is 0 Å². The first kappa shape index (κ1) is 13.9. The van der Waals surface area contributed by atoms with Gasteiger partial charge in [-0.15, -0.1) is 0 Å². The van der Waals surface area contributed by atoms with Gasteiger partial charge in [0.05, 0.1) is 9.77 Å². The third-order valence-electron chi connectivity index (χ3n) is 1.77. The number of hydrogen-bond acceptors (Lipinski definition) is 1. The van der Waals surface area contributed by atoms with Crippen LogP contribution in [0.5, 0.6) is 0 Å². The maximum atomic E-state index is 11.7. The van der Waals surface area contributed by atoms with Crippen molar-refractivity contribution < 1.29 is 4.21 Å². The lowest BCUT2D eigenvalue weighted by Gasteiger charge is -2.12. The number of hydrogen-bond donors (Lipinski definition) is 0. The van der Waals surface area contributed by atoms with Crippen LogP contribution in [0, 0.1) is 0 Å². The number of benzene rings is 1. The summed E-state index contributed by atoms with van der Waals surface area (Å²) in [4.78, 5) is 0. The van der Waals surface area contributed by atoms with E-state index in [1.165, 1.54) is 0 Å². The zero-order valence-electron chi connectivity index (χ0n) is 9.33. The molecule has 1 aromatic carbocycles. The summed E-state index contributed by atoms with van der Waals surface area (Å²) < 4.78 is 16.2. The van der Waals surface area contributed by atoms with Crippen molar-refractivity contribution in [1.82, 2.24) is 0 Å². The second-order valence-electron chi connectivity index (χ2n) is 4.27. The highest BCUT2D eigenvalue weighted by molar-refractivity contribution is 9.10. The second-order valence-corrected chi connectivity index (χ2v) is 7.46. The Labute approximate surface area is 112 Å². The quantitative estimate of drug-likeness (QED) is 0.757.